The standard InChI is InChI=1S/C13H18FNO2/c1-16-12-4-2-3-11(14)13(12)17-9-10-5-7-15-8-6-10/h2-4,10,15H,5-9H2,1H3. The quantitative estimate of drug-likeness (QED) is 0.874. The van der Waals surface area contributed by atoms with E-state index in [1.54, 1.807) is 12.1 Å². The zero-order chi connectivity index (χ0) is 12.1. The molecule has 1 aromatic rings. The average Bonchev–Trinajstić information content (AvgIpc) is 2.38. The molecule has 0 atom stereocenters. The maximum atomic E-state index is 13.6. The van der Waals surface area contributed by atoms with E-state index in [2.05, 4.69) is 5.32 Å². The first-order valence-corrected chi connectivity index (χ1v) is 5.97. The summed E-state index contributed by atoms with van der Waals surface area (Å²) in [5.74, 6) is 0.825. The van der Waals surface area contributed by atoms with Crippen LogP contribution >= 0.6 is 0 Å². The van der Waals surface area contributed by atoms with E-state index in [-0.39, 0.29) is 11.6 Å². The summed E-state index contributed by atoms with van der Waals surface area (Å²) in [6, 6.07) is 4.71. The predicted molar refractivity (Wildman–Crippen MR) is 64.0 cm³/mol. The Balaban J connectivity index is 1.97. The summed E-state index contributed by atoms with van der Waals surface area (Å²) in [6.45, 7) is 2.59. The van der Waals surface area contributed by atoms with Crippen molar-refractivity contribution in [3.05, 3.63) is 24.0 Å². The van der Waals surface area contributed by atoms with Crippen molar-refractivity contribution in [3.63, 3.8) is 0 Å². The van der Waals surface area contributed by atoms with Gasteiger partial charge in [0.2, 0.25) is 0 Å². The second-order valence-electron chi connectivity index (χ2n) is 4.28. The minimum Gasteiger partial charge on any atom is -0.493 e. The molecule has 1 heterocycles. The van der Waals surface area contributed by atoms with Gasteiger partial charge in [-0.2, -0.15) is 0 Å². The summed E-state index contributed by atoms with van der Waals surface area (Å²) in [6.07, 6.45) is 2.16. The van der Waals surface area contributed by atoms with E-state index in [0.717, 1.165) is 25.9 Å². The monoisotopic (exact) mass is 239 g/mol. The van der Waals surface area contributed by atoms with Crippen LogP contribution in [0.25, 0.3) is 0 Å². The van der Waals surface area contributed by atoms with Gasteiger partial charge in [0.15, 0.2) is 17.3 Å². The largest absolute Gasteiger partial charge is 0.493 e. The summed E-state index contributed by atoms with van der Waals surface area (Å²) in [7, 11) is 1.52. The molecular weight excluding hydrogens is 221 g/mol. The highest BCUT2D eigenvalue weighted by Gasteiger charge is 2.16. The number of nitrogens with one attached hydrogen (secondary N) is 1. The fourth-order valence-corrected chi connectivity index (χ4v) is 2.04. The smallest absolute Gasteiger partial charge is 0.197 e. The summed E-state index contributed by atoms with van der Waals surface area (Å²) in [5, 5.41) is 3.29. The third-order valence-electron chi connectivity index (χ3n) is 3.07. The van der Waals surface area contributed by atoms with Gasteiger partial charge < -0.3 is 14.8 Å². The number of ether oxygens (including phenoxy) is 2. The molecule has 0 spiro atoms. The lowest BCUT2D eigenvalue weighted by Gasteiger charge is -2.23. The van der Waals surface area contributed by atoms with Gasteiger partial charge in [0.25, 0.3) is 0 Å². The molecule has 1 aliphatic heterocycles. The van der Waals surface area contributed by atoms with E-state index in [1.165, 1.54) is 13.2 Å². The predicted octanol–water partition coefficient (Wildman–Crippen LogP) is 2.21. The summed E-state index contributed by atoms with van der Waals surface area (Å²) < 4.78 is 24.2. The fraction of sp³-hybridized carbons (Fsp3) is 0.538. The van der Waals surface area contributed by atoms with Crippen LogP contribution in [0.5, 0.6) is 11.5 Å². The highest BCUT2D eigenvalue weighted by Crippen LogP contribution is 2.30. The van der Waals surface area contributed by atoms with Gasteiger partial charge in [0.05, 0.1) is 13.7 Å². The zero-order valence-electron chi connectivity index (χ0n) is 10.0. The van der Waals surface area contributed by atoms with E-state index in [1.807, 2.05) is 0 Å². The average molecular weight is 239 g/mol. The molecule has 1 fully saturated rings. The molecule has 0 amide bonds. The third-order valence-corrected chi connectivity index (χ3v) is 3.07. The topological polar surface area (TPSA) is 30.5 Å². The Morgan fingerprint density at radius 2 is 2.12 bits per heavy atom. The lowest BCUT2D eigenvalue weighted by Crippen LogP contribution is -2.30. The van der Waals surface area contributed by atoms with Gasteiger partial charge in [-0.3, -0.25) is 0 Å². The van der Waals surface area contributed by atoms with Crippen LogP contribution in [0.2, 0.25) is 0 Å². The molecule has 0 radical (unpaired) electrons. The Morgan fingerprint density at radius 3 is 2.82 bits per heavy atom. The van der Waals surface area contributed by atoms with Gasteiger partial charge in [0, 0.05) is 0 Å². The van der Waals surface area contributed by atoms with Gasteiger partial charge in [-0.25, -0.2) is 4.39 Å². The van der Waals surface area contributed by atoms with E-state index in [9.17, 15) is 4.39 Å². The second-order valence-corrected chi connectivity index (χ2v) is 4.28. The van der Waals surface area contributed by atoms with Gasteiger partial charge in [0.1, 0.15) is 0 Å². The van der Waals surface area contributed by atoms with Gasteiger partial charge >= 0.3 is 0 Å². The number of benzene rings is 1. The first-order chi connectivity index (χ1) is 8.31. The van der Waals surface area contributed by atoms with Crippen molar-refractivity contribution in [1.29, 1.82) is 0 Å². The molecule has 0 bridgehead atoms. The first kappa shape index (κ1) is 12.2. The normalized spacial score (nSPS) is 16.8. The first-order valence-electron chi connectivity index (χ1n) is 5.97. The SMILES string of the molecule is COc1cccc(F)c1OCC1CCNCC1. The zero-order valence-corrected chi connectivity index (χ0v) is 10.0. The molecule has 94 valence electrons. The molecule has 1 saturated heterocycles. The van der Waals surface area contributed by atoms with E-state index in [0.29, 0.717) is 18.3 Å². The van der Waals surface area contributed by atoms with Crippen molar-refractivity contribution >= 4 is 0 Å². The molecule has 2 rings (SSSR count). The van der Waals surface area contributed by atoms with Crippen LogP contribution in [0.3, 0.4) is 0 Å². The van der Waals surface area contributed by atoms with E-state index in [4.69, 9.17) is 9.47 Å². The van der Waals surface area contributed by atoms with Crippen molar-refractivity contribution in [2.75, 3.05) is 26.8 Å². The molecule has 0 saturated carbocycles. The molecule has 17 heavy (non-hydrogen) atoms. The van der Waals surface area contributed by atoms with Crippen LogP contribution in [0.4, 0.5) is 4.39 Å². The molecule has 0 unspecified atom stereocenters. The number of piperidine rings is 1. The highest BCUT2D eigenvalue weighted by atomic mass is 19.1. The Labute approximate surface area is 101 Å². The lowest BCUT2D eigenvalue weighted by molar-refractivity contribution is 0.201. The van der Waals surface area contributed by atoms with Crippen molar-refractivity contribution in [2.24, 2.45) is 5.92 Å². The third kappa shape index (κ3) is 3.09. The van der Waals surface area contributed by atoms with Crippen LogP contribution < -0.4 is 14.8 Å². The van der Waals surface area contributed by atoms with Crippen molar-refractivity contribution in [3.8, 4) is 11.5 Å². The van der Waals surface area contributed by atoms with Crippen LogP contribution in [0.15, 0.2) is 18.2 Å². The molecule has 0 aliphatic carbocycles. The van der Waals surface area contributed by atoms with Crippen LogP contribution in [-0.4, -0.2) is 26.8 Å². The van der Waals surface area contributed by atoms with Gasteiger partial charge in [-0.1, -0.05) is 6.07 Å². The molecule has 0 aromatic heterocycles. The number of halogens is 1. The van der Waals surface area contributed by atoms with Crippen molar-refractivity contribution < 1.29 is 13.9 Å². The number of hydrogen-bond acceptors (Lipinski definition) is 3. The van der Waals surface area contributed by atoms with Crippen LogP contribution in [0, 0.1) is 11.7 Å². The fourth-order valence-electron chi connectivity index (χ4n) is 2.04. The van der Waals surface area contributed by atoms with E-state index < -0.39 is 0 Å². The molecule has 4 heteroatoms. The Hall–Kier alpha value is -1.29. The van der Waals surface area contributed by atoms with Gasteiger partial charge in [-0.15, -0.1) is 0 Å². The summed E-state index contributed by atoms with van der Waals surface area (Å²) in [5.41, 5.74) is 0. The highest BCUT2D eigenvalue weighted by molar-refractivity contribution is 5.40. The molecule has 1 N–H and O–H groups in total. The molecule has 3 nitrogen and oxygen atoms in total. The number of methoxy groups -OCH3 is 1. The van der Waals surface area contributed by atoms with E-state index >= 15 is 0 Å². The van der Waals surface area contributed by atoms with Crippen molar-refractivity contribution in [1.82, 2.24) is 5.32 Å². The molecule has 1 aromatic carbocycles. The summed E-state index contributed by atoms with van der Waals surface area (Å²) in [4.78, 5) is 0. The van der Waals surface area contributed by atoms with Crippen molar-refractivity contribution in [2.45, 2.75) is 12.8 Å². The molecule has 1 aliphatic rings. The number of para-hydroxylation sites is 1. The maximum absolute atomic E-state index is 13.6. The Bertz CT molecular complexity index is 364. The minimum atomic E-state index is -0.363. The Kier molecular flexibility index (Phi) is 4.20. The number of hydrogen-bond donors (Lipinski definition) is 1. The molecular formula is C13H18FNO2. The minimum absolute atomic E-state index is 0.230. The van der Waals surface area contributed by atoms with Crippen LogP contribution in [0.1, 0.15) is 12.8 Å². The van der Waals surface area contributed by atoms with Gasteiger partial charge in [-0.05, 0) is 44.0 Å². The number of rotatable bonds is 4. The Morgan fingerprint density at radius 1 is 1.35 bits per heavy atom. The maximum Gasteiger partial charge on any atom is 0.197 e. The second kappa shape index (κ2) is 5.87. The summed E-state index contributed by atoms with van der Waals surface area (Å²) >= 11 is 0. The lowest BCUT2D eigenvalue weighted by atomic mass is 9.99. The van der Waals surface area contributed by atoms with Crippen LogP contribution in [-0.2, 0) is 0 Å².